The molecule has 0 amide bonds. The summed E-state index contributed by atoms with van der Waals surface area (Å²) in [6.07, 6.45) is 3.71. The molecule has 0 saturated carbocycles. The van der Waals surface area contributed by atoms with Gasteiger partial charge in [0.05, 0.1) is 12.1 Å². The Balaban J connectivity index is 0.00000208. The van der Waals surface area contributed by atoms with Gasteiger partial charge in [0.1, 0.15) is 5.01 Å². The fraction of sp³-hybridized carbons (Fsp3) is 0.235. The van der Waals surface area contributed by atoms with Crippen molar-refractivity contribution in [2.75, 3.05) is 7.05 Å². The van der Waals surface area contributed by atoms with Crippen molar-refractivity contribution in [3.63, 3.8) is 0 Å². The molecular formula is C17H20IN5S. The van der Waals surface area contributed by atoms with Crippen molar-refractivity contribution in [2.24, 2.45) is 4.99 Å². The number of aryl methyl sites for hydroxylation is 1. The topological polar surface area (TPSA) is 62.2 Å². The molecule has 2 heterocycles. The van der Waals surface area contributed by atoms with Crippen LogP contribution < -0.4 is 10.6 Å². The van der Waals surface area contributed by atoms with Gasteiger partial charge >= 0.3 is 0 Å². The summed E-state index contributed by atoms with van der Waals surface area (Å²) in [4.78, 5) is 14.3. The van der Waals surface area contributed by atoms with Gasteiger partial charge in [0, 0.05) is 36.2 Å². The van der Waals surface area contributed by atoms with Crippen LogP contribution in [0.2, 0.25) is 0 Å². The Morgan fingerprint density at radius 1 is 1.12 bits per heavy atom. The Morgan fingerprint density at radius 2 is 1.92 bits per heavy atom. The molecule has 0 radical (unpaired) electrons. The Hall–Kier alpha value is -1.74. The van der Waals surface area contributed by atoms with Gasteiger partial charge in [0.25, 0.3) is 0 Å². The third-order valence-corrected chi connectivity index (χ3v) is 4.38. The van der Waals surface area contributed by atoms with Crippen LogP contribution in [0.15, 0.2) is 47.7 Å². The molecule has 1 aromatic carbocycles. The molecule has 3 aromatic rings. The van der Waals surface area contributed by atoms with Crippen molar-refractivity contribution in [2.45, 2.75) is 20.0 Å². The maximum atomic E-state index is 4.47. The second-order valence-corrected chi connectivity index (χ2v) is 6.46. The van der Waals surface area contributed by atoms with E-state index in [1.807, 2.05) is 18.5 Å². The number of para-hydroxylation sites is 1. The van der Waals surface area contributed by atoms with Gasteiger partial charge in [-0.25, -0.2) is 4.98 Å². The van der Waals surface area contributed by atoms with Crippen LogP contribution >= 0.6 is 35.3 Å². The maximum absolute atomic E-state index is 4.47. The molecule has 0 fully saturated rings. The van der Waals surface area contributed by atoms with Gasteiger partial charge in [-0.15, -0.1) is 35.3 Å². The summed E-state index contributed by atoms with van der Waals surface area (Å²) in [6.45, 7) is 3.40. The van der Waals surface area contributed by atoms with Gasteiger partial charge < -0.3 is 10.6 Å². The molecule has 0 aliphatic heterocycles. The number of guanidine groups is 1. The summed E-state index contributed by atoms with van der Waals surface area (Å²) in [5, 5.41) is 8.81. The third-order valence-electron chi connectivity index (χ3n) is 3.46. The predicted molar refractivity (Wildman–Crippen MR) is 111 cm³/mol. The summed E-state index contributed by atoms with van der Waals surface area (Å²) in [7, 11) is 1.77. The normalized spacial score (nSPS) is 11.2. The summed E-state index contributed by atoms with van der Waals surface area (Å²) in [6, 6.07) is 10.2. The lowest BCUT2D eigenvalue weighted by Crippen LogP contribution is -2.36. The van der Waals surface area contributed by atoms with E-state index < -0.39 is 0 Å². The summed E-state index contributed by atoms with van der Waals surface area (Å²) >= 11 is 1.69. The molecule has 2 N–H and O–H groups in total. The molecule has 0 atom stereocenters. The van der Waals surface area contributed by atoms with Crippen LogP contribution in [0.3, 0.4) is 0 Å². The number of nitrogens with one attached hydrogen (secondary N) is 2. The van der Waals surface area contributed by atoms with Gasteiger partial charge in [-0.3, -0.25) is 9.98 Å². The molecular weight excluding hydrogens is 433 g/mol. The average Bonchev–Trinajstić information content (AvgIpc) is 3.00. The predicted octanol–water partition coefficient (Wildman–Crippen LogP) is 3.48. The molecule has 24 heavy (non-hydrogen) atoms. The molecule has 0 saturated heterocycles. The molecule has 0 bridgehead atoms. The van der Waals surface area contributed by atoms with E-state index in [9.17, 15) is 0 Å². The highest BCUT2D eigenvalue weighted by molar-refractivity contribution is 14.0. The van der Waals surface area contributed by atoms with E-state index in [0.717, 1.165) is 27.4 Å². The first kappa shape index (κ1) is 18.6. The van der Waals surface area contributed by atoms with Crippen LogP contribution in [0.5, 0.6) is 0 Å². The van der Waals surface area contributed by atoms with E-state index in [2.05, 4.69) is 56.8 Å². The zero-order valence-electron chi connectivity index (χ0n) is 13.6. The molecule has 7 heteroatoms. The first-order valence-corrected chi connectivity index (χ1v) is 8.26. The van der Waals surface area contributed by atoms with Crippen LogP contribution in [-0.4, -0.2) is 23.0 Å². The molecule has 2 aromatic heterocycles. The number of rotatable bonds is 4. The van der Waals surface area contributed by atoms with Gasteiger partial charge in [0.2, 0.25) is 0 Å². The summed E-state index contributed by atoms with van der Waals surface area (Å²) < 4.78 is 0. The van der Waals surface area contributed by atoms with E-state index in [-0.39, 0.29) is 24.0 Å². The first-order valence-electron chi connectivity index (χ1n) is 7.44. The fourth-order valence-corrected chi connectivity index (χ4v) is 3.08. The van der Waals surface area contributed by atoms with Crippen molar-refractivity contribution >= 4 is 52.2 Å². The Bertz CT molecular complexity index is 825. The number of benzene rings is 1. The highest BCUT2D eigenvalue weighted by atomic mass is 127. The summed E-state index contributed by atoms with van der Waals surface area (Å²) in [5.41, 5.74) is 2.17. The van der Waals surface area contributed by atoms with Gasteiger partial charge in [0.15, 0.2) is 5.96 Å². The smallest absolute Gasteiger partial charge is 0.191 e. The first-order chi connectivity index (χ1) is 11.3. The van der Waals surface area contributed by atoms with E-state index >= 15 is 0 Å². The Labute approximate surface area is 162 Å². The quantitative estimate of drug-likeness (QED) is 0.361. The SMILES string of the molecule is CN=C(NCc1ncc(C)s1)NCc1cccc2cccnc12.I. The number of aromatic nitrogens is 2. The van der Waals surface area contributed by atoms with Crippen LogP contribution in [0, 0.1) is 6.92 Å². The number of halogens is 1. The number of hydrogen-bond donors (Lipinski definition) is 2. The minimum atomic E-state index is 0. The molecule has 0 spiro atoms. The minimum Gasteiger partial charge on any atom is -0.352 e. The van der Waals surface area contributed by atoms with Crippen LogP contribution in [0.25, 0.3) is 10.9 Å². The monoisotopic (exact) mass is 453 g/mol. The number of thiazole rings is 1. The van der Waals surface area contributed by atoms with E-state index in [1.165, 1.54) is 4.88 Å². The zero-order chi connectivity index (χ0) is 16.1. The van der Waals surface area contributed by atoms with Crippen LogP contribution in [0.1, 0.15) is 15.4 Å². The minimum absolute atomic E-state index is 0. The van der Waals surface area contributed by atoms with E-state index in [0.29, 0.717) is 13.1 Å². The largest absolute Gasteiger partial charge is 0.352 e. The lowest BCUT2D eigenvalue weighted by Gasteiger charge is -2.12. The number of fused-ring (bicyclic) bond motifs is 1. The maximum Gasteiger partial charge on any atom is 0.191 e. The highest BCUT2D eigenvalue weighted by Crippen LogP contribution is 2.15. The van der Waals surface area contributed by atoms with Gasteiger partial charge in [-0.2, -0.15) is 0 Å². The molecule has 0 unspecified atom stereocenters. The average molecular weight is 453 g/mol. The van der Waals surface area contributed by atoms with Crippen molar-refractivity contribution in [3.05, 3.63) is 58.2 Å². The lowest BCUT2D eigenvalue weighted by molar-refractivity contribution is 0.807. The Morgan fingerprint density at radius 3 is 2.67 bits per heavy atom. The number of pyridine rings is 1. The lowest BCUT2D eigenvalue weighted by atomic mass is 10.1. The van der Waals surface area contributed by atoms with Gasteiger partial charge in [-0.1, -0.05) is 24.3 Å². The van der Waals surface area contributed by atoms with Crippen LogP contribution in [-0.2, 0) is 13.1 Å². The highest BCUT2D eigenvalue weighted by Gasteiger charge is 2.04. The number of hydrogen-bond acceptors (Lipinski definition) is 4. The summed E-state index contributed by atoms with van der Waals surface area (Å²) in [5.74, 6) is 0.755. The standard InChI is InChI=1S/C17H19N5S.HI/c1-12-9-20-15(23-12)11-22-17(18-2)21-10-14-6-3-5-13-7-4-8-19-16(13)14;/h3-9H,10-11H2,1-2H3,(H2,18,21,22);1H. The van der Waals surface area contributed by atoms with Crippen LogP contribution in [0.4, 0.5) is 0 Å². The van der Waals surface area contributed by atoms with Gasteiger partial charge in [-0.05, 0) is 18.6 Å². The van der Waals surface area contributed by atoms with Crippen molar-refractivity contribution in [1.82, 2.24) is 20.6 Å². The number of aliphatic imine (C=N–C) groups is 1. The van der Waals surface area contributed by atoms with Crippen molar-refractivity contribution in [3.8, 4) is 0 Å². The number of nitrogens with zero attached hydrogens (tertiary/aromatic N) is 3. The third kappa shape index (κ3) is 4.64. The molecule has 0 aliphatic rings. The van der Waals surface area contributed by atoms with Crippen molar-refractivity contribution in [1.29, 1.82) is 0 Å². The molecule has 0 aliphatic carbocycles. The molecule has 3 rings (SSSR count). The van der Waals surface area contributed by atoms with E-state index in [1.54, 1.807) is 18.4 Å². The zero-order valence-corrected chi connectivity index (χ0v) is 16.8. The van der Waals surface area contributed by atoms with E-state index in [4.69, 9.17) is 0 Å². The Kier molecular flexibility index (Phi) is 6.92. The fourth-order valence-electron chi connectivity index (χ4n) is 2.35. The van der Waals surface area contributed by atoms with Crippen molar-refractivity contribution < 1.29 is 0 Å². The molecule has 5 nitrogen and oxygen atoms in total. The second-order valence-electron chi connectivity index (χ2n) is 5.14. The second kappa shape index (κ2) is 8.93. The molecule has 126 valence electrons.